The zero-order chi connectivity index (χ0) is 9.31. The Morgan fingerprint density at radius 2 is 2.38 bits per heavy atom. The Balaban J connectivity index is 1.96. The van der Waals surface area contributed by atoms with Gasteiger partial charge in [-0.2, -0.15) is 0 Å². The van der Waals surface area contributed by atoms with Crippen molar-refractivity contribution in [3.63, 3.8) is 0 Å². The first kappa shape index (κ1) is 9.00. The summed E-state index contributed by atoms with van der Waals surface area (Å²) in [6.45, 7) is 0.869. The quantitative estimate of drug-likeness (QED) is 0.579. The van der Waals surface area contributed by atoms with Crippen LogP contribution in [0.2, 0.25) is 0 Å². The lowest BCUT2D eigenvalue weighted by Gasteiger charge is -2.21. The van der Waals surface area contributed by atoms with Crippen molar-refractivity contribution in [3.05, 3.63) is 0 Å². The van der Waals surface area contributed by atoms with Crippen LogP contribution in [0.5, 0.6) is 0 Å². The zero-order valence-electron chi connectivity index (χ0n) is 8.04. The van der Waals surface area contributed by atoms with Crippen LogP contribution >= 0.6 is 0 Å². The van der Waals surface area contributed by atoms with E-state index in [1.807, 2.05) is 0 Å². The minimum Gasteiger partial charge on any atom is -0.469 e. The topological polar surface area (TPSA) is 35.5 Å². The molecule has 0 N–H and O–H groups in total. The molecule has 2 aliphatic rings. The minimum absolute atomic E-state index is 0.0405. The van der Waals surface area contributed by atoms with Gasteiger partial charge in [-0.05, 0) is 32.1 Å². The van der Waals surface area contributed by atoms with Crippen LogP contribution in [-0.4, -0.2) is 25.3 Å². The molecule has 3 heteroatoms. The first-order chi connectivity index (χ1) is 6.26. The molecule has 2 unspecified atom stereocenters. The normalized spacial score (nSPS) is 38.4. The monoisotopic (exact) mass is 184 g/mol. The van der Waals surface area contributed by atoms with Crippen molar-refractivity contribution < 1.29 is 14.3 Å². The summed E-state index contributed by atoms with van der Waals surface area (Å²) < 4.78 is 10.5. The van der Waals surface area contributed by atoms with E-state index in [1.54, 1.807) is 0 Å². The molecule has 0 aromatic carbocycles. The van der Waals surface area contributed by atoms with Crippen LogP contribution in [0.1, 0.15) is 32.1 Å². The molecular formula is C10H16O3. The van der Waals surface area contributed by atoms with Crippen LogP contribution < -0.4 is 0 Å². The lowest BCUT2D eigenvalue weighted by atomic mass is 9.97. The van der Waals surface area contributed by atoms with E-state index in [-0.39, 0.29) is 17.5 Å². The van der Waals surface area contributed by atoms with E-state index in [9.17, 15) is 4.79 Å². The summed E-state index contributed by atoms with van der Waals surface area (Å²) in [6.07, 6.45) is 5.12. The fourth-order valence-corrected chi connectivity index (χ4v) is 2.57. The molecule has 2 rings (SSSR count). The number of rotatable bonds is 1. The molecule has 3 nitrogen and oxygen atoms in total. The molecule has 1 aliphatic carbocycles. The van der Waals surface area contributed by atoms with Crippen molar-refractivity contribution in [2.24, 2.45) is 5.92 Å². The number of carbonyl (C=O) groups is 1. The number of carbonyl (C=O) groups excluding carboxylic acids is 1. The summed E-state index contributed by atoms with van der Waals surface area (Å²) >= 11 is 0. The number of methoxy groups -OCH3 is 1. The molecule has 1 saturated heterocycles. The standard InChI is InChI=1S/C10H16O3/c1-12-9(11)8-3-5-10(7-8)4-2-6-13-10/h8H,2-7H2,1H3. The lowest BCUT2D eigenvalue weighted by molar-refractivity contribution is -0.145. The molecule has 1 heterocycles. The van der Waals surface area contributed by atoms with Crippen LogP contribution in [-0.2, 0) is 14.3 Å². The predicted octanol–water partition coefficient (Wildman–Crippen LogP) is 1.51. The van der Waals surface area contributed by atoms with Gasteiger partial charge in [-0.1, -0.05) is 0 Å². The summed E-state index contributed by atoms with van der Waals surface area (Å²) in [5.74, 6) is 0.0236. The van der Waals surface area contributed by atoms with Crippen LogP contribution in [0.3, 0.4) is 0 Å². The highest BCUT2D eigenvalue weighted by molar-refractivity contribution is 5.72. The van der Waals surface area contributed by atoms with Crippen molar-refractivity contribution in [1.29, 1.82) is 0 Å². The van der Waals surface area contributed by atoms with Crippen molar-refractivity contribution >= 4 is 5.97 Å². The van der Waals surface area contributed by atoms with Gasteiger partial charge in [0.25, 0.3) is 0 Å². The highest BCUT2D eigenvalue weighted by Crippen LogP contribution is 2.44. The Morgan fingerprint density at radius 3 is 3.00 bits per heavy atom. The van der Waals surface area contributed by atoms with Crippen molar-refractivity contribution in [3.8, 4) is 0 Å². The maximum atomic E-state index is 11.3. The summed E-state index contributed by atoms with van der Waals surface area (Å²) in [6, 6.07) is 0. The summed E-state index contributed by atoms with van der Waals surface area (Å²) in [5.41, 5.74) is 0.0405. The van der Waals surface area contributed by atoms with Crippen molar-refractivity contribution in [2.75, 3.05) is 13.7 Å². The maximum Gasteiger partial charge on any atom is 0.308 e. The molecule has 0 radical (unpaired) electrons. The highest BCUT2D eigenvalue weighted by atomic mass is 16.5. The first-order valence-electron chi connectivity index (χ1n) is 4.98. The van der Waals surface area contributed by atoms with E-state index in [2.05, 4.69) is 0 Å². The Labute approximate surface area is 78.4 Å². The second-order valence-corrected chi connectivity index (χ2v) is 4.10. The third-order valence-electron chi connectivity index (χ3n) is 3.29. The molecule has 1 aliphatic heterocycles. The SMILES string of the molecule is COC(=O)C1CCC2(CCCO2)C1. The van der Waals surface area contributed by atoms with E-state index < -0.39 is 0 Å². The van der Waals surface area contributed by atoms with Crippen molar-refractivity contribution in [2.45, 2.75) is 37.7 Å². The molecule has 0 amide bonds. The van der Waals surface area contributed by atoms with E-state index in [0.717, 1.165) is 38.7 Å². The number of esters is 1. The van der Waals surface area contributed by atoms with Crippen molar-refractivity contribution in [1.82, 2.24) is 0 Å². The molecule has 74 valence electrons. The third-order valence-corrected chi connectivity index (χ3v) is 3.29. The summed E-state index contributed by atoms with van der Waals surface area (Å²) in [7, 11) is 1.46. The first-order valence-corrected chi connectivity index (χ1v) is 4.98. The van der Waals surface area contributed by atoms with Gasteiger partial charge in [0.05, 0.1) is 18.6 Å². The van der Waals surface area contributed by atoms with Crippen LogP contribution in [0, 0.1) is 5.92 Å². The van der Waals surface area contributed by atoms with Gasteiger partial charge >= 0.3 is 5.97 Å². The van der Waals surface area contributed by atoms with Gasteiger partial charge in [0.1, 0.15) is 0 Å². The van der Waals surface area contributed by atoms with Crippen LogP contribution in [0.4, 0.5) is 0 Å². The maximum absolute atomic E-state index is 11.3. The van der Waals surface area contributed by atoms with E-state index in [4.69, 9.17) is 9.47 Å². The average Bonchev–Trinajstić information content (AvgIpc) is 2.76. The molecule has 0 aromatic heterocycles. The zero-order valence-corrected chi connectivity index (χ0v) is 8.04. The van der Waals surface area contributed by atoms with E-state index in [1.165, 1.54) is 7.11 Å². The second kappa shape index (κ2) is 3.29. The van der Waals surface area contributed by atoms with Crippen LogP contribution in [0.25, 0.3) is 0 Å². The summed E-state index contributed by atoms with van der Waals surface area (Å²) in [4.78, 5) is 11.3. The third kappa shape index (κ3) is 1.57. The fraction of sp³-hybridized carbons (Fsp3) is 0.900. The average molecular weight is 184 g/mol. The van der Waals surface area contributed by atoms with Gasteiger partial charge in [-0.25, -0.2) is 0 Å². The van der Waals surface area contributed by atoms with Crippen LogP contribution in [0.15, 0.2) is 0 Å². The number of hydrogen-bond donors (Lipinski definition) is 0. The molecule has 1 saturated carbocycles. The van der Waals surface area contributed by atoms with E-state index in [0.29, 0.717) is 0 Å². The smallest absolute Gasteiger partial charge is 0.308 e. The second-order valence-electron chi connectivity index (χ2n) is 4.10. The molecular weight excluding hydrogens is 168 g/mol. The Hall–Kier alpha value is -0.570. The number of hydrogen-bond acceptors (Lipinski definition) is 3. The van der Waals surface area contributed by atoms with Gasteiger partial charge < -0.3 is 9.47 Å². The Morgan fingerprint density at radius 1 is 1.54 bits per heavy atom. The van der Waals surface area contributed by atoms with Gasteiger partial charge in [0.2, 0.25) is 0 Å². The Bertz CT molecular complexity index is 206. The molecule has 0 aromatic rings. The highest BCUT2D eigenvalue weighted by Gasteiger charge is 2.45. The molecule has 2 fully saturated rings. The largest absolute Gasteiger partial charge is 0.469 e. The summed E-state index contributed by atoms with van der Waals surface area (Å²) in [5, 5.41) is 0. The molecule has 1 spiro atoms. The van der Waals surface area contributed by atoms with Gasteiger partial charge in [0, 0.05) is 6.61 Å². The van der Waals surface area contributed by atoms with Gasteiger partial charge in [-0.15, -0.1) is 0 Å². The van der Waals surface area contributed by atoms with E-state index >= 15 is 0 Å². The molecule has 13 heavy (non-hydrogen) atoms. The minimum atomic E-state index is -0.0626. The predicted molar refractivity (Wildman–Crippen MR) is 47.3 cm³/mol. The Kier molecular flexibility index (Phi) is 2.28. The fourth-order valence-electron chi connectivity index (χ4n) is 2.57. The molecule has 2 atom stereocenters. The molecule has 0 bridgehead atoms. The van der Waals surface area contributed by atoms with Gasteiger partial charge in [0.15, 0.2) is 0 Å². The number of ether oxygens (including phenoxy) is 2. The lowest BCUT2D eigenvalue weighted by Crippen LogP contribution is -2.25. The van der Waals surface area contributed by atoms with Gasteiger partial charge in [-0.3, -0.25) is 4.79 Å².